The first-order valence-corrected chi connectivity index (χ1v) is 6.23. The molecule has 1 aliphatic carbocycles. The lowest BCUT2D eigenvalue weighted by molar-refractivity contribution is -0.138. The highest BCUT2D eigenvalue weighted by atomic mass is 16.4. The van der Waals surface area contributed by atoms with Gasteiger partial charge in [-0.05, 0) is 24.5 Å². The number of nitrogens with zero attached hydrogens (tertiary/aromatic N) is 1. The van der Waals surface area contributed by atoms with Crippen molar-refractivity contribution in [2.24, 2.45) is 16.5 Å². The van der Waals surface area contributed by atoms with Crippen molar-refractivity contribution in [2.75, 3.05) is 5.32 Å². The predicted octanol–water partition coefficient (Wildman–Crippen LogP) is 0.530. The fourth-order valence-electron chi connectivity index (χ4n) is 1.72. The standard InChI is InChI=1S/C13H18N4O2/c14-10(12(18)19)7-8-3-1-2-4-11(8)17-13(15)16-9-5-6-9/h1-4,9-10H,5-7,14H2,(H,18,19)(H3,15,16,17). The van der Waals surface area contributed by atoms with E-state index in [9.17, 15) is 4.79 Å². The van der Waals surface area contributed by atoms with Crippen LogP contribution in [0.25, 0.3) is 0 Å². The highest BCUT2D eigenvalue weighted by molar-refractivity contribution is 5.93. The molecule has 1 aromatic rings. The molecular formula is C13H18N4O2. The number of nitrogens with two attached hydrogens (primary N) is 2. The van der Waals surface area contributed by atoms with E-state index in [1.54, 1.807) is 0 Å². The lowest BCUT2D eigenvalue weighted by Crippen LogP contribution is -2.33. The summed E-state index contributed by atoms with van der Waals surface area (Å²) >= 11 is 0. The third kappa shape index (κ3) is 3.96. The van der Waals surface area contributed by atoms with Crippen LogP contribution in [0.4, 0.5) is 5.69 Å². The van der Waals surface area contributed by atoms with E-state index in [2.05, 4.69) is 10.3 Å². The molecule has 6 nitrogen and oxygen atoms in total. The van der Waals surface area contributed by atoms with E-state index in [1.807, 2.05) is 24.3 Å². The number of para-hydroxylation sites is 1. The highest BCUT2D eigenvalue weighted by Gasteiger charge is 2.21. The average molecular weight is 262 g/mol. The summed E-state index contributed by atoms with van der Waals surface area (Å²) in [4.78, 5) is 15.1. The Balaban J connectivity index is 2.09. The maximum atomic E-state index is 10.8. The zero-order valence-corrected chi connectivity index (χ0v) is 10.5. The van der Waals surface area contributed by atoms with Crippen LogP contribution in [-0.2, 0) is 11.2 Å². The summed E-state index contributed by atoms with van der Waals surface area (Å²) in [5.74, 6) is -0.659. The Labute approximate surface area is 111 Å². The van der Waals surface area contributed by atoms with Gasteiger partial charge < -0.3 is 21.9 Å². The van der Waals surface area contributed by atoms with Crippen LogP contribution in [0, 0.1) is 0 Å². The number of anilines is 1. The summed E-state index contributed by atoms with van der Waals surface area (Å²) in [5, 5.41) is 11.9. The van der Waals surface area contributed by atoms with Crippen molar-refractivity contribution in [1.29, 1.82) is 0 Å². The Morgan fingerprint density at radius 1 is 1.47 bits per heavy atom. The van der Waals surface area contributed by atoms with Crippen molar-refractivity contribution in [1.82, 2.24) is 0 Å². The molecule has 0 amide bonds. The Morgan fingerprint density at radius 2 is 2.16 bits per heavy atom. The van der Waals surface area contributed by atoms with Crippen molar-refractivity contribution in [3.8, 4) is 0 Å². The number of rotatable bonds is 5. The zero-order valence-electron chi connectivity index (χ0n) is 10.5. The minimum Gasteiger partial charge on any atom is -0.480 e. The maximum Gasteiger partial charge on any atom is 0.320 e. The van der Waals surface area contributed by atoms with Crippen LogP contribution in [-0.4, -0.2) is 29.1 Å². The summed E-state index contributed by atoms with van der Waals surface area (Å²) in [6.07, 6.45) is 2.40. The number of carboxylic acids is 1. The van der Waals surface area contributed by atoms with Crippen molar-refractivity contribution in [3.63, 3.8) is 0 Å². The summed E-state index contributed by atoms with van der Waals surface area (Å²) < 4.78 is 0. The van der Waals surface area contributed by atoms with Crippen LogP contribution in [0.1, 0.15) is 18.4 Å². The third-order valence-electron chi connectivity index (χ3n) is 2.91. The first-order valence-electron chi connectivity index (χ1n) is 6.23. The lowest BCUT2D eigenvalue weighted by atomic mass is 10.0. The molecule has 102 valence electrons. The molecule has 1 unspecified atom stereocenters. The van der Waals surface area contributed by atoms with Crippen LogP contribution in [0.3, 0.4) is 0 Å². The second-order valence-corrected chi connectivity index (χ2v) is 4.68. The summed E-state index contributed by atoms with van der Waals surface area (Å²) in [7, 11) is 0. The van der Waals surface area contributed by atoms with Crippen molar-refractivity contribution in [3.05, 3.63) is 29.8 Å². The third-order valence-corrected chi connectivity index (χ3v) is 2.91. The second kappa shape index (κ2) is 5.71. The fourth-order valence-corrected chi connectivity index (χ4v) is 1.72. The Kier molecular flexibility index (Phi) is 4.01. The van der Waals surface area contributed by atoms with Gasteiger partial charge in [-0.25, -0.2) is 4.99 Å². The van der Waals surface area contributed by atoms with Gasteiger partial charge in [0.1, 0.15) is 6.04 Å². The topological polar surface area (TPSA) is 114 Å². The minimum absolute atomic E-state index is 0.245. The molecular weight excluding hydrogens is 244 g/mol. The number of carbonyl (C=O) groups is 1. The van der Waals surface area contributed by atoms with Gasteiger partial charge in [-0.2, -0.15) is 0 Å². The normalized spacial score (nSPS) is 17.0. The van der Waals surface area contributed by atoms with Gasteiger partial charge in [-0.15, -0.1) is 0 Å². The average Bonchev–Trinajstić information content (AvgIpc) is 3.15. The monoisotopic (exact) mass is 262 g/mol. The van der Waals surface area contributed by atoms with Crippen LogP contribution >= 0.6 is 0 Å². The predicted molar refractivity (Wildman–Crippen MR) is 74.0 cm³/mol. The number of nitrogens with one attached hydrogen (secondary N) is 1. The van der Waals surface area contributed by atoms with E-state index in [-0.39, 0.29) is 6.42 Å². The molecule has 1 fully saturated rings. The van der Waals surface area contributed by atoms with E-state index in [0.717, 1.165) is 24.1 Å². The van der Waals surface area contributed by atoms with Gasteiger partial charge in [-0.1, -0.05) is 18.2 Å². The summed E-state index contributed by atoms with van der Waals surface area (Å²) in [5.41, 5.74) is 12.9. The van der Waals surface area contributed by atoms with Gasteiger partial charge in [0.25, 0.3) is 0 Å². The molecule has 1 aromatic carbocycles. The first-order chi connectivity index (χ1) is 9.06. The lowest BCUT2D eigenvalue weighted by Gasteiger charge is -2.13. The molecule has 0 bridgehead atoms. The molecule has 0 aromatic heterocycles. The van der Waals surface area contributed by atoms with E-state index in [0.29, 0.717) is 12.0 Å². The maximum absolute atomic E-state index is 10.8. The number of hydrogen-bond acceptors (Lipinski definition) is 3. The number of aliphatic carboxylic acids is 1. The van der Waals surface area contributed by atoms with Gasteiger partial charge in [0, 0.05) is 12.1 Å². The molecule has 6 heteroatoms. The van der Waals surface area contributed by atoms with Crippen molar-refractivity contribution < 1.29 is 9.90 Å². The molecule has 0 aliphatic heterocycles. The SMILES string of the molecule is NC(=NC1CC1)Nc1ccccc1CC(N)C(=O)O. The van der Waals surface area contributed by atoms with Crippen LogP contribution in [0.5, 0.6) is 0 Å². The first kappa shape index (κ1) is 13.4. The quantitative estimate of drug-likeness (QED) is 0.456. The zero-order chi connectivity index (χ0) is 13.8. The summed E-state index contributed by atoms with van der Waals surface area (Å²) in [6.45, 7) is 0. The number of guanidine groups is 1. The number of benzene rings is 1. The molecule has 1 atom stereocenters. The smallest absolute Gasteiger partial charge is 0.320 e. The number of carboxylic acid groups (broad SMARTS) is 1. The van der Waals surface area contributed by atoms with Gasteiger partial charge in [0.15, 0.2) is 5.96 Å². The van der Waals surface area contributed by atoms with E-state index in [4.69, 9.17) is 16.6 Å². The molecule has 0 heterocycles. The molecule has 19 heavy (non-hydrogen) atoms. The highest BCUT2D eigenvalue weighted by Crippen LogP contribution is 2.23. The Hall–Kier alpha value is -2.08. The second-order valence-electron chi connectivity index (χ2n) is 4.68. The van der Waals surface area contributed by atoms with Crippen molar-refractivity contribution in [2.45, 2.75) is 31.3 Å². The van der Waals surface area contributed by atoms with Gasteiger partial charge in [0.2, 0.25) is 0 Å². The molecule has 0 spiro atoms. The number of hydrogen-bond donors (Lipinski definition) is 4. The number of aliphatic imine (C=N–C) groups is 1. The molecule has 1 saturated carbocycles. The molecule has 6 N–H and O–H groups in total. The van der Waals surface area contributed by atoms with E-state index in [1.165, 1.54) is 0 Å². The minimum atomic E-state index is -1.02. The Morgan fingerprint density at radius 3 is 2.79 bits per heavy atom. The fraction of sp³-hybridized carbons (Fsp3) is 0.385. The van der Waals surface area contributed by atoms with Gasteiger partial charge in [-0.3, -0.25) is 4.79 Å². The van der Waals surface area contributed by atoms with Crippen LogP contribution < -0.4 is 16.8 Å². The molecule has 0 saturated heterocycles. The summed E-state index contributed by atoms with van der Waals surface area (Å²) in [6, 6.07) is 6.76. The van der Waals surface area contributed by atoms with Crippen molar-refractivity contribution >= 4 is 17.6 Å². The molecule has 0 radical (unpaired) electrons. The Bertz CT molecular complexity index is 497. The van der Waals surface area contributed by atoms with Gasteiger partial charge in [0.05, 0.1) is 6.04 Å². The van der Waals surface area contributed by atoms with Gasteiger partial charge >= 0.3 is 5.97 Å². The molecule has 1 aliphatic rings. The molecule has 2 rings (SSSR count). The largest absolute Gasteiger partial charge is 0.480 e. The van der Waals surface area contributed by atoms with Crippen LogP contribution in [0.2, 0.25) is 0 Å². The van der Waals surface area contributed by atoms with E-state index < -0.39 is 12.0 Å². The van der Waals surface area contributed by atoms with E-state index >= 15 is 0 Å². The van der Waals surface area contributed by atoms with Crippen LogP contribution in [0.15, 0.2) is 29.3 Å².